The second kappa shape index (κ2) is 8.33. The van der Waals surface area contributed by atoms with Crippen molar-refractivity contribution in [3.8, 4) is 0 Å². The van der Waals surface area contributed by atoms with Crippen LogP contribution in [0.4, 0.5) is 17.1 Å². The highest BCUT2D eigenvalue weighted by atomic mass is 16.1. The van der Waals surface area contributed by atoms with Gasteiger partial charge in [0.1, 0.15) is 5.69 Å². The minimum Gasteiger partial charge on any atom is -0.381 e. The maximum absolute atomic E-state index is 12.4. The zero-order chi connectivity index (χ0) is 17.5. The highest BCUT2D eigenvalue weighted by Crippen LogP contribution is 2.22. The van der Waals surface area contributed by atoms with Gasteiger partial charge in [0.05, 0.1) is 0 Å². The van der Waals surface area contributed by atoms with Crippen molar-refractivity contribution >= 4 is 23.0 Å². The summed E-state index contributed by atoms with van der Waals surface area (Å²) in [5.41, 5.74) is 3.22. The molecule has 0 radical (unpaired) electrons. The maximum atomic E-state index is 12.4. The van der Waals surface area contributed by atoms with Crippen LogP contribution in [0.2, 0.25) is 0 Å². The van der Waals surface area contributed by atoms with Crippen LogP contribution in [-0.2, 0) is 0 Å². The summed E-state index contributed by atoms with van der Waals surface area (Å²) < 4.78 is 0. The molecule has 0 unspecified atom stereocenters. The number of nitrogens with zero attached hydrogens (tertiary/aromatic N) is 2. The normalized spacial score (nSPS) is 14.0. The smallest absolute Gasteiger partial charge is 0.274 e. The zero-order valence-corrected chi connectivity index (χ0v) is 14.4. The first-order chi connectivity index (χ1) is 12.3. The van der Waals surface area contributed by atoms with Crippen molar-refractivity contribution in [2.75, 3.05) is 35.2 Å². The number of carbonyl (C=O) groups is 1. The predicted molar refractivity (Wildman–Crippen MR) is 103 cm³/mol. The molecule has 1 saturated heterocycles. The molecule has 130 valence electrons. The van der Waals surface area contributed by atoms with Crippen LogP contribution in [0.3, 0.4) is 0 Å². The standard InChI is InChI=1S/C20H24N4O/c1-2-11-21-17-10-12-22-19(15-17)20(25)23-16-6-8-18(9-7-16)24-13-4-3-5-14-24/h2,6-10,12,15H,1,3-5,11,13-14H2,(H,21,22)(H,23,25). The molecular weight excluding hydrogens is 312 g/mol. The van der Waals surface area contributed by atoms with E-state index in [1.54, 1.807) is 18.3 Å². The molecule has 3 rings (SSSR count). The summed E-state index contributed by atoms with van der Waals surface area (Å²) in [6, 6.07) is 11.6. The lowest BCUT2D eigenvalue weighted by Crippen LogP contribution is -2.29. The Balaban J connectivity index is 1.63. The lowest BCUT2D eigenvalue weighted by molar-refractivity contribution is 0.102. The van der Waals surface area contributed by atoms with Crippen molar-refractivity contribution in [3.63, 3.8) is 0 Å². The van der Waals surface area contributed by atoms with E-state index < -0.39 is 0 Å². The SMILES string of the molecule is C=CCNc1ccnc(C(=O)Nc2ccc(N3CCCCC3)cc2)c1. The molecule has 1 aliphatic heterocycles. The molecule has 1 aromatic heterocycles. The van der Waals surface area contributed by atoms with Gasteiger partial charge in [0.25, 0.3) is 5.91 Å². The van der Waals surface area contributed by atoms with E-state index in [2.05, 4.69) is 39.2 Å². The number of piperidine rings is 1. The highest BCUT2D eigenvalue weighted by molar-refractivity contribution is 6.03. The first-order valence-corrected chi connectivity index (χ1v) is 8.73. The minimum atomic E-state index is -0.215. The third kappa shape index (κ3) is 4.59. The molecule has 0 bridgehead atoms. The fraction of sp³-hybridized carbons (Fsp3) is 0.300. The van der Waals surface area contributed by atoms with E-state index in [9.17, 15) is 4.79 Å². The molecule has 5 heteroatoms. The van der Waals surface area contributed by atoms with Gasteiger partial charge in [-0.25, -0.2) is 0 Å². The molecule has 2 heterocycles. The number of hydrogen-bond acceptors (Lipinski definition) is 4. The van der Waals surface area contributed by atoms with Crippen LogP contribution in [0, 0.1) is 0 Å². The topological polar surface area (TPSA) is 57.3 Å². The number of pyridine rings is 1. The van der Waals surface area contributed by atoms with Crippen LogP contribution in [-0.4, -0.2) is 30.5 Å². The number of aromatic nitrogens is 1. The third-order valence-corrected chi connectivity index (χ3v) is 4.29. The zero-order valence-electron chi connectivity index (χ0n) is 14.4. The van der Waals surface area contributed by atoms with Crippen molar-refractivity contribution in [1.82, 2.24) is 4.98 Å². The average Bonchev–Trinajstić information content (AvgIpc) is 2.68. The summed E-state index contributed by atoms with van der Waals surface area (Å²) in [7, 11) is 0. The molecule has 0 saturated carbocycles. The van der Waals surface area contributed by atoms with Crippen molar-refractivity contribution in [2.24, 2.45) is 0 Å². The van der Waals surface area contributed by atoms with Crippen molar-refractivity contribution < 1.29 is 4.79 Å². The van der Waals surface area contributed by atoms with Gasteiger partial charge in [-0.3, -0.25) is 9.78 Å². The average molecular weight is 336 g/mol. The highest BCUT2D eigenvalue weighted by Gasteiger charge is 2.12. The molecule has 5 nitrogen and oxygen atoms in total. The maximum Gasteiger partial charge on any atom is 0.274 e. The summed E-state index contributed by atoms with van der Waals surface area (Å²) in [5, 5.41) is 6.06. The lowest BCUT2D eigenvalue weighted by atomic mass is 10.1. The van der Waals surface area contributed by atoms with E-state index >= 15 is 0 Å². The van der Waals surface area contributed by atoms with Crippen LogP contribution in [0.25, 0.3) is 0 Å². The van der Waals surface area contributed by atoms with E-state index in [1.165, 1.54) is 24.9 Å². The van der Waals surface area contributed by atoms with E-state index in [0.717, 1.165) is 24.5 Å². The molecule has 25 heavy (non-hydrogen) atoms. The molecule has 2 aromatic rings. The largest absolute Gasteiger partial charge is 0.381 e. The summed E-state index contributed by atoms with van der Waals surface area (Å²) in [6.07, 6.45) is 7.21. The fourth-order valence-corrected chi connectivity index (χ4v) is 2.96. The van der Waals surface area contributed by atoms with Gasteiger partial charge >= 0.3 is 0 Å². The van der Waals surface area contributed by atoms with E-state index in [1.807, 2.05) is 18.2 Å². The monoisotopic (exact) mass is 336 g/mol. The Labute approximate surface area is 148 Å². The number of carbonyl (C=O) groups excluding carboxylic acids is 1. The lowest BCUT2D eigenvalue weighted by Gasteiger charge is -2.28. The quantitative estimate of drug-likeness (QED) is 0.785. The second-order valence-corrected chi connectivity index (χ2v) is 6.15. The molecule has 0 spiro atoms. The van der Waals surface area contributed by atoms with Gasteiger partial charge < -0.3 is 15.5 Å². The van der Waals surface area contributed by atoms with Gasteiger partial charge in [-0.1, -0.05) is 6.08 Å². The molecule has 2 N–H and O–H groups in total. The number of anilines is 3. The van der Waals surface area contributed by atoms with Crippen LogP contribution in [0.1, 0.15) is 29.8 Å². The van der Waals surface area contributed by atoms with Crippen LogP contribution in [0.5, 0.6) is 0 Å². The summed E-state index contributed by atoms with van der Waals surface area (Å²) in [6.45, 7) is 6.53. The minimum absolute atomic E-state index is 0.215. The molecule has 1 aromatic carbocycles. The number of amides is 1. The van der Waals surface area contributed by atoms with Gasteiger partial charge in [0.15, 0.2) is 0 Å². The van der Waals surface area contributed by atoms with Crippen LogP contribution >= 0.6 is 0 Å². The van der Waals surface area contributed by atoms with E-state index in [4.69, 9.17) is 0 Å². The molecular formula is C20H24N4O. The Bertz CT molecular complexity index is 721. The van der Waals surface area contributed by atoms with Gasteiger partial charge in [-0.05, 0) is 55.7 Å². The molecule has 1 fully saturated rings. The number of hydrogen-bond donors (Lipinski definition) is 2. The summed E-state index contributed by atoms with van der Waals surface area (Å²) in [4.78, 5) is 18.9. The van der Waals surface area contributed by atoms with Crippen molar-refractivity contribution in [1.29, 1.82) is 0 Å². The Morgan fingerprint density at radius 1 is 1.12 bits per heavy atom. The summed E-state index contributed by atoms with van der Waals surface area (Å²) in [5.74, 6) is -0.215. The molecule has 0 aliphatic carbocycles. The Morgan fingerprint density at radius 3 is 2.60 bits per heavy atom. The van der Waals surface area contributed by atoms with Gasteiger partial charge in [0.2, 0.25) is 0 Å². The van der Waals surface area contributed by atoms with Crippen LogP contribution in [0.15, 0.2) is 55.3 Å². The van der Waals surface area contributed by atoms with E-state index in [0.29, 0.717) is 12.2 Å². The Hall–Kier alpha value is -2.82. The fourth-order valence-electron chi connectivity index (χ4n) is 2.96. The Morgan fingerprint density at radius 2 is 1.88 bits per heavy atom. The number of benzene rings is 1. The molecule has 1 aliphatic rings. The van der Waals surface area contributed by atoms with Crippen molar-refractivity contribution in [3.05, 3.63) is 60.9 Å². The van der Waals surface area contributed by atoms with Crippen molar-refractivity contribution in [2.45, 2.75) is 19.3 Å². The number of nitrogens with one attached hydrogen (secondary N) is 2. The van der Waals surface area contributed by atoms with E-state index in [-0.39, 0.29) is 5.91 Å². The summed E-state index contributed by atoms with van der Waals surface area (Å²) >= 11 is 0. The first kappa shape index (κ1) is 17.0. The van der Waals surface area contributed by atoms with Gasteiger partial charge in [0, 0.05) is 42.9 Å². The third-order valence-electron chi connectivity index (χ3n) is 4.29. The molecule has 0 atom stereocenters. The van der Waals surface area contributed by atoms with Gasteiger partial charge in [-0.15, -0.1) is 6.58 Å². The first-order valence-electron chi connectivity index (χ1n) is 8.73. The molecule has 1 amide bonds. The second-order valence-electron chi connectivity index (χ2n) is 6.15. The van der Waals surface area contributed by atoms with Gasteiger partial charge in [-0.2, -0.15) is 0 Å². The van der Waals surface area contributed by atoms with Crippen LogP contribution < -0.4 is 15.5 Å². The Kier molecular flexibility index (Phi) is 5.67. The number of rotatable bonds is 6. The predicted octanol–water partition coefficient (Wildman–Crippen LogP) is 3.92.